The van der Waals surface area contributed by atoms with Crippen LogP contribution in [0.2, 0.25) is 0 Å². The minimum absolute atomic E-state index is 0.0545. The molecule has 4 aromatic rings. The quantitative estimate of drug-likeness (QED) is 0.580. The Kier molecular flexibility index (Phi) is 4.82. The lowest BCUT2D eigenvalue weighted by Crippen LogP contribution is -2.30. The van der Waals surface area contributed by atoms with E-state index in [9.17, 15) is 14.0 Å². The molecular weight excluding hydrogens is 373 g/mol. The second-order valence-corrected chi connectivity index (χ2v) is 6.43. The average Bonchev–Trinajstić information content (AvgIpc) is 2.71. The van der Waals surface area contributed by atoms with E-state index in [4.69, 9.17) is 0 Å². The van der Waals surface area contributed by atoms with Crippen molar-refractivity contribution in [3.05, 3.63) is 93.9 Å². The number of carbonyl (C=O) groups is 1. The third-order valence-corrected chi connectivity index (χ3v) is 4.40. The zero-order valence-corrected chi connectivity index (χ0v) is 15.5. The fourth-order valence-electron chi connectivity index (χ4n) is 2.99. The Morgan fingerprint density at radius 2 is 1.93 bits per heavy atom. The van der Waals surface area contributed by atoms with E-state index in [2.05, 4.69) is 20.3 Å². The molecule has 0 radical (unpaired) electrons. The van der Waals surface area contributed by atoms with Gasteiger partial charge in [0.05, 0.1) is 6.54 Å². The van der Waals surface area contributed by atoms with Crippen LogP contribution in [0.3, 0.4) is 0 Å². The number of nitrogens with one attached hydrogen (secondary N) is 1. The number of hydrogen-bond acceptors (Lipinski definition) is 5. The van der Waals surface area contributed by atoms with Crippen molar-refractivity contribution >= 4 is 22.9 Å². The molecule has 0 saturated heterocycles. The molecule has 0 bridgehead atoms. The summed E-state index contributed by atoms with van der Waals surface area (Å²) in [4.78, 5) is 38.2. The second-order valence-electron chi connectivity index (χ2n) is 6.43. The monoisotopic (exact) mass is 389 g/mol. The van der Waals surface area contributed by atoms with Crippen LogP contribution in [0.25, 0.3) is 11.0 Å². The van der Waals surface area contributed by atoms with E-state index in [1.165, 1.54) is 22.9 Å². The van der Waals surface area contributed by atoms with Crippen LogP contribution in [0, 0.1) is 12.7 Å². The number of halogens is 1. The highest BCUT2D eigenvalue weighted by atomic mass is 19.1. The lowest BCUT2D eigenvalue weighted by atomic mass is 10.1. The number of carbonyl (C=O) groups excluding carboxylic acids is 1. The summed E-state index contributed by atoms with van der Waals surface area (Å²) in [6.45, 7) is 1.71. The summed E-state index contributed by atoms with van der Waals surface area (Å²) in [6, 6.07) is 12.8. The van der Waals surface area contributed by atoms with Crippen LogP contribution in [-0.4, -0.2) is 25.4 Å². The minimum Gasteiger partial charge on any atom is -0.290 e. The van der Waals surface area contributed by atoms with Crippen molar-refractivity contribution in [2.45, 2.75) is 13.5 Å². The molecule has 0 spiro atoms. The molecular formula is C21H16FN5O2. The topological polar surface area (TPSA) is 89.8 Å². The predicted molar refractivity (Wildman–Crippen MR) is 106 cm³/mol. The van der Waals surface area contributed by atoms with Crippen molar-refractivity contribution in [3.63, 3.8) is 0 Å². The zero-order valence-electron chi connectivity index (χ0n) is 15.5. The maximum atomic E-state index is 14.2. The second kappa shape index (κ2) is 7.59. The van der Waals surface area contributed by atoms with Gasteiger partial charge in [-0.1, -0.05) is 18.2 Å². The molecule has 3 aromatic heterocycles. The maximum Gasteiger partial charge on any atom is 0.265 e. The van der Waals surface area contributed by atoms with Gasteiger partial charge in [0.2, 0.25) is 5.95 Å². The first-order valence-electron chi connectivity index (χ1n) is 8.86. The summed E-state index contributed by atoms with van der Waals surface area (Å²) in [5, 5.41) is 3.12. The first kappa shape index (κ1) is 18.4. The molecule has 0 unspecified atom stereocenters. The van der Waals surface area contributed by atoms with Gasteiger partial charge < -0.3 is 0 Å². The fourth-order valence-corrected chi connectivity index (χ4v) is 2.99. The Bertz CT molecular complexity index is 1290. The number of benzene rings is 1. The van der Waals surface area contributed by atoms with Crippen LogP contribution in [0.1, 0.15) is 21.6 Å². The smallest absolute Gasteiger partial charge is 0.265 e. The fraction of sp³-hybridized carbons (Fsp3) is 0.0952. The van der Waals surface area contributed by atoms with Crippen molar-refractivity contribution in [1.82, 2.24) is 19.5 Å². The van der Waals surface area contributed by atoms with Crippen molar-refractivity contribution in [3.8, 4) is 0 Å². The molecule has 8 heteroatoms. The standard InChI is InChI=1S/C21H16FN5O2/c1-13-8-10-24-21(25-13)26-19(28)16-11-14-6-4-9-23-18(14)27(20(16)29)12-15-5-2-3-7-17(15)22/h2-11H,12H2,1H3,(H,24,25,26,28). The first-order chi connectivity index (χ1) is 14.0. The highest BCUT2D eigenvalue weighted by Crippen LogP contribution is 2.15. The number of nitrogens with zero attached hydrogens (tertiary/aromatic N) is 4. The van der Waals surface area contributed by atoms with E-state index >= 15 is 0 Å². The number of amides is 1. The summed E-state index contributed by atoms with van der Waals surface area (Å²) in [6.07, 6.45) is 3.05. The molecule has 0 aliphatic carbocycles. The number of aromatic nitrogens is 4. The van der Waals surface area contributed by atoms with Crippen LogP contribution in [-0.2, 0) is 6.54 Å². The zero-order chi connectivity index (χ0) is 20.4. The predicted octanol–water partition coefficient (Wildman–Crippen LogP) is 2.93. The largest absolute Gasteiger partial charge is 0.290 e. The summed E-state index contributed by atoms with van der Waals surface area (Å²) >= 11 is 0. The van der Waals surface area contributed by atoms with Crippen LogP contribution >= 0.6 is 0 Å². The lowest BCUT2D eigenvalue weighted by Gasteiger charge is -2.12. The van der Waals surface area contributed by atoms with Gasteiger partial charge in [0.1, 0.15) is 17.0 Å². The van der Waals surface area contributed by atoms with Crippen molar-refractivity contribution < 1.29 is 9.18 Å². The Labute approximate surface area is 164 Å². The molecule has 0 fully saturated rings. The van der Waals surface area contributed by atoms with Gasteiger partial charge in [-0.3, -0.25) is 19.5 Å². The van der Waals surface area contributed by atoms with E-state index in [0.29, 0.717) is 22.3 Å². The Morgan fingerprint density at radius 3 is 2.72 bits per heavy atom. The van der Waals surface area contributed by atoms with Gasteiger partial charge >= 0.3 is 0 Å². The highest BCUT2D eigenvalue weighted by Gasteiger charge is 2.18. The average molecular weight is 389 g/mol. The highest BCUT2D eigenvalue weighted by molar-refractivity contribution is 6.04. The number of hydrogen-bond donors (Lipinski definition) is 1. The summed E-state index contributed by atoms with van der Waals surface area (Å²) < 4.78 is 15.5. The van der Waals surface area contributed by atoms with E-state index in [1.54, 1.807) is 49.5 Å². The van der Waals surface area contributed by atoms with E-state index in [1.807, 2.05) is 0 Å². The summed E-state index contributed by atoms with van der Waals surface area (Å²) in [7, 11) is 0. The third-order valence-electron chi connectivity index (χ3n) is 4.40. The third kappa shape index (κ3) is 3.73. The van der Waals surface area contributed by atoms with Crippen LogP contribution < -0.4 is 10.9 Å². The molecule has 0 atom stereocenters. The Balaban J connectivity index is 1.81. The summed E-state index contributed by atoms with van der Waals surface area (Å²) in [5.74, 6) is -0.985. The Morgan fingerprint density at radius 1 is 1.10 bits per heavy atom. The minimum atomic E-state index is -0.645. The van der Waals surface area contributed by atoms with Gasteiger partial charge in [-0.25, -0.2) is 19.3 Å². The van der Waals surface area contributed by atoms with Gasteiger partial charge in [0.15, 0.2) is 0 Å². The molecule has 0 aliphatic rings. The first-order valence-corrected chi connectivity index (χ1v) is 8.86. The molecule has 3 heterocycles. The molecule has 4 rings (SSSR count). The lowest BCUT2D eigenvalue weighted by molar-refractivity contribution is 0.102. The van der Waals surface area contributed by atoms with Crippen LogP contribution in [0.4, 0.5) is 10.3 Å². The summed E-state index contributed by atoms with van der Waals surface area (Å²) in [5.41, 5.74) is 0.678. The number of anilines is 1. The molecule has 7 nitrogen and oxygen atoms in total. The van der Waals surface area contributed by atoms with Crippen molar-refractivity contribution in [2.75, 3.05) is 5.32 Å². The van der Waals surface area contributed by atoms with Gasteiger partial charge in [0.25, 0.3) is 11.5 Å². The van der Waals surface area contributed by atoms with Gasteiger partial charge in [-0.05, 0) is 37.3 Å². The van der Waals surface area contributed by atoms with Crippen LogP contribution in [0.5, 0.6) is 0 Å². The molecule has 0 aliphatic heterocycles. The van der Waals surface area contributed by atoms with Crippen LogP contribution in [0.15, 0.2) is 65.7 Å². The number of aryl methyl sites for hydroxylation is 1. The van der Waals surface area contributed by atoms with E-state index in [-0.39, 0.29) is 18.1 Å². The van der Waals surface area contributed by atoms with E-state index in [0.717, 1.165) is 0 Å². The molecule has 1 amide bonds. The molecule has 0 saturated carbocycles. The maximum absolute atomic E-state index is 14.2. The number of pyridine rings is 2. The molecule has 1 aromatic carbocycles. The van der Waals surface area contributed by atoms with E-state index < -0.39 is 17.3 Å². The van der Waals surface area contributed by atoms with Gasteiger partial charge in [0, 0.05) is 29.0 Å². The molecule has 144 valence electrons. The van der Waals surface area contributed by atoms with Gasteiger partial charge in [-0.2, -0.15) is 0 Å². The molecule has 1 N–H and O–H groups in total. The van der Waals surface area contributed by atoms with Gasteiger partial charge in [-0.15, -0.1) is 0 Å². The SMILES string of the molecule is Cc1ccnc(NC(=O)c2cc3cccnc3n(Cc3ccccc3F)c2=O)n1. The van der Waals surface area contributed by atoms with Crippen molar-refractivity contribution in [2.24, 2.45) is 0 Å². The molecule has 29 heavy (non-hydrogen) atoms. The number of rotatable bonds is 4. The normalized spacial score (nSPS) is 10.8. The van der Waals surface area contributed by atoms with Crippen molar-refractivity contribution in [1.29, 1.82) is 0 Å². The number of fused-ring (bicyclic) bond motifs is 1. The Hall–Kier alpha value is -3.94.